The Kier molecular flexibility index (Phi) is 12.1. The molecule has 6 N–H and O–H groups in total. The number of amides is 1. The molecule has 0 aliphatic carbocycles. The number of carboxylic acid groups (broad SMARTS) is 1. The molecule has 0 fully saturated rings. The largest absolute Gasteiger partial charge is 0.481 e. The van der Waals surface area contributed by atoms with E-state index in [2.05, 4.69) is 36.2 Å². The van der Waals surface area contributed by atoms with E-state index < -0.39 is 16.1 Å². The first kappa shape index (κ1) is 26.3. The monoisotopic (exact) mass is 461 g/mol. The summed E-state index contributed by atoms with van der Waals surface area (Å²) >= 11 is 0. The number of nitrogens with zero attached hydrogens (tertiary/aromatic N) is 3. The fraction of sp³-hybridized carbons (Fsp3) is 0.706. The highest BCUT2D eigenvalue weighted by Crippen LogP contribution is 2.10. The topological polar surface area (TPSA) is 196 Å². The Hall–Kier alpha value is -2.74. The summed E-state index contributed by atoms with van der Waals surface area (Å²) in [7, 11) is -4.03. The molecule has 0 saturated carbocycles. The molecule has 0 spiro atoms. The molecule has 0 radical (unpaired) electrons. The number of nitrogens with one attached hydrogen (secondary N) is 4. The van der Waals surface area contributed by atoms with E-state index in [1.165, 1.54) is 6.92 Å². The maximum Gasteiger partial charge on any atom is 0.303 e. The van der Waals surface area contributed by atoms with Crippen molar-refractivity contribution in [2.45, 2.75) is 45.4 Å². The van der Waals surface area contributed by atoms with Gasteiger partial charge in [-0.3, -0.25) is 14.1 Å². The maximum atomic E-state index is 10.9. The zero-order chi connectivity index (χ0) is 23.1. The maximum absolute atomic E-state index is 10.9. The van der Waals surface area contributed by atoms with Crippen LogP contribution in [-0.2, 0) is 19.7 Å². The highest BCUT2D eigenvalue weighted by Gasteiger charge is 2.08. The van der Waals surface area contributed by atoms with E-state index >= 15 is 0 Å². The van der Waals surface area contributed by atoms with Crippen molar-refractivity contribution in [3.63, 3.8) is 0 Å². The van der Waals surface area contributed by atoms with E-state index in [0.717, 1.165) is 12.8 Å². The van der Waals surface area contributed by atoms with Gasteiger partial charge in [0.05, 0.1) is 5.75 Å². The van der Waals surface area contributed by atoms with Crippen LogP contribution in [-0.4, -0.2) is 76.8 Å². The number of carboxylic acids is 1. The van der Waals surface area contributed by atoms with E-state index in [0.29, 0.717) is 44.4 Å². The summed E-state index contributed by atoms with van der Waals surface area (Å²) in [5.41, 5.74) is 0. The first-order chi connectivity index (χ1) is 14.7. The number of carbonyl (C=O) groups is 2. The van der Waals surface area contributed by atoms with Gasteiger partial charge >= 0.3 is 5.97 Å². The molecule has 0 aliphatic heterocycles. The van der Waals surface area contributed by atoms with E-state index in [4.69, 9.17) is 9.66 Å². The number of anilines is 3. The molecular weight excluding hydrogens is 430 g/mol. The van der Waals surface area contributed by atoms with Crippen LogP contribution in [0, 0.1) is 0 Å². The highest BCUT2D eigenvalue weighted by atomic mass is 32.2. The third-order valence-corrected chi connectivity index (χ3v) is 4.66. The summed E-state index contributed by atoms with van der Waals surface area (Å²) in [4.78, 5) is 34.2. The van der Waals surface area contributed by atoms with Gasteiger partial charge < -0.3 is 26.4 Å². The van der Waals surface area contributed by atoms with Crippen LogP contribution in [0.5, 0.6) is 0 Å². The van der Waals surface area contributed by atoms with Crippen molar-refractivity contribution in [2.24, 2.45) is 0 Å². The Morgan fingerprint density at radius 1 is 0.806 bits per heavy atom. The third kappa shape index (κ3) is 14.8. The van der Waals surface area contributed by atoms with Crippen LogP contribution in [0.3, 0.4) is 0 Å². The second-order valence-corrected chi connectivity index (χ2v) is 8.34. The summed E-state index contributed by atoms with van der Waals surface area (Å²) in [6, 6.07) is 0. The lowest BCUT2D eigenvalue weighted by atomic mass is 10.2. The zero-order valence-electron chi connectivity index (χ0n) is 17.6. The molecule has 1 aromatic rings. The minimum Gasteiger partial charge on any atom is -0.481 e. The van der Waals surface area contributed by atoms with Crippen LogP contribution in [0.25, 0.3) is 0 Å². The van der Waals surface area contributed by atoms with Gasteiger partial charge in [0.25, 0.3) is 10.1 Å². The normalized spacial score (nSPS) is 11.0. The Balaban J connectivity index is 2.59. The Bertz CT molecular complexity index is 806. The summed E-state index contributed by atoms with van der Waals surface area (Å²) in [5.74, 6) is -0.432. The van der Waals surface area contributed by atoms with Crippen LogP contribution < -0.4 is 21.3 Å². The molecule has 0 saturated heterocycles. The van der Waals surface area contributed by atoms with Crippen LogP contribution in [0.1, 0.15) is 45.4 Å². The molecule has 0 unspecified atom stereocenters. The van der Waals surface area contributed by atoms with Crippen molar-refractivity contribution in [2.75, 3.05) is 47.9 Å². The number of rotatable bonds is 17. The van der Waals surface area contributed by atoms with Gasteiger partial charge in [-0.15, -0.1) is 0 Å². The minimum atomic E-state index is -4.03. The van der Waals surface area contributed by atoms with E-state index in [1.54, 1.807) is 0 Å². The van der Waals surface area contributed by atoms with Gasteiger partial charge in [-0.1, -0.05) is 6.42 Å². The molecule has 176 valence electrons. The van der Waals surface area contributed by atoms with Crippen molar-refractivity contribution in [3.8, 4) is 0 Å². The van der Waals surface area contributed by atoms with Crippen LogP contribution >= 0.6 is 0 Å². The van der Waals surface area contributed by atoms with E-state index in [1.807, 2.05) is 0 Å². The van der Waals surface area contributed by atoms with Crippen molar-refractivity contribution < 1.29 is 27.7 Å². The van der Waals surface area contributed by atoms with Crippen LogP contribution in [0.4, 0.5) is 17.8 Å². The number of hydrogen-bond acceptors (Lipinski definition) is 10. The lowest BCUT2D eigenvalue weighted by molar-refractivity contribution is -0.137. The number of aromatic nitrogens is 3. The molecule has 0 atom stereocenters. The van der Waals surface area contributed by atoms with Crippen molar-refractivity contribution in [1.82, 2.24) is 20.3 Å². The molecular formula is C17H31N7O6S. The molecule has 14 heteroatoms. The predicted molar refractivity (Wildman–Crippen MR) is 116 cm³/mol. The fourth-order valence-corrected chi connectivity index (χ4v) is 2.91. The van der Waals surface area contributed by atoms with Crippen LogP contribution in [0.15, 0.2) is 0 Å². The molecule has 0 aromatic carbocycles. The molecule has 1 rings (SSSR count). The number of unbranched alkanes of at least 4 members (excludes halogenated alkanes) is 2. The van der Waals surface area contributed by atoms with Gasteiger partial charge in [-0.05, 0) is 25.7 Å². The number of carbonyl (C=O) groups excluding carboxylic acids is 1. The fourth-order valence-electron chi connectivity index (χ4n) is 2.40. The average Bonchev–Trinajstić information content (AvgIpc) is 2.66. The molecule has 31 heavy (non-hydrogen) atoms. The van der Waals surface area contributed by atoms with Crippen molar-refractivity contribution in [1.29, 1.82) is 0 Å². The molecule has 0 bridgehead atoms. The van der Waals surface area contributed by atoms with Crippen molar-refractivity contribution >= 4 is 39.8 Å². The predicted octanol–water partition coefficient (Wildman–Crippen LogP) is 0.556. The van der Waals surface area contributed by atoms with Gasteiger partial charge in [0.2, 0.25) is 23.8 Å². The van der Waals surface area contributed by atoms with Gasteiger partial charge in [0.1, 0.15) is 0 Å². The third-order valence-electron chi connectivity index (χ3n) is 3.86. The van der Waals surface area contributed by atoms with Gasteiger partial charge in [-0.25, -0.2) is 0 Å². The Morgan fingerprint density at radius 2 is 1.32 bits per heavy atom. The van der Waals surface area contributed by atoms with Gasteiger partial charge in [0, 0.05) is 39.5 Å². The van der Waals surface area contributed by atoms with Crippen LogP contribution in [0.2, 0.25) is 0 Å². The molecule has 1 aromatic heterocycles. The standard InChI is InChI=1S/C17H31N7O6S/c1-13(25)18-9-5-10-20-16-22-15(19-8-4-2-3-7-14(26)27)23-17(24-16)21-11-6-12-31(28,29)30/h2-12H2,1H3,(H,18,25)(H,26,27)(H,28,29,30)(H3,19,20,21,22,23,24). The van der Waals surface area contributed by atoms with Gasteiger partial charge in [0.15, 0.2) is 0 Å². The molecule has 1 heterocycles. The zero-order valence-corrected chi connectivity index (χ0v) is 18.4. The second-order valence-electron chi connectivity index (χ2n) is 6.77. The lowest BCUT2D eigenvalue weighted by Crippen LogP contribution is -2.23. The van der Waals surface area contributed by atoms with Gasteiger partial charge in [-0.2, -0.15) is 23.4 Å². The summed E-state index contributed by atoms with van der Waals surface area (Å²) in [5, 5.41) is 20.3. The van der Waals surface area contributed by atoms with E-state index in [9.17, 15) is 18.0 Å². The molecule has 13 nitrogen and oxygen atoms in total. The highest BCUT2D eigenvalue weighted by molar-refractivity contribution is 7.85. The first-order valence-electron chi connectivity index (χ1n) is 10.0. The Labute approximate surface area is 181 Å². The molecule has 0 aliphatic rings. The summed E-state index contributed by atoms with van der Waals surface area (Å²) in [6.45, 7) is 3.25. The average molecular weight is 462 g/mol. The van der Waals surface area contributed by atoms with Crippen molar-refractivity contribution in [3.05, 3.63) is 0 Å². The smallest absolute Gasteiger partial charge is 0.303 e. The summed E-state index contributed by atoms with van der Waals surface area (Å²) < 4.78 is 30.4. The number of hydrogen-bond donors (Lipinski definition) is 6. The second kappa shape index (κ2) is 14.3. The lowest BCUT2D eigenvalue weighted by Gasteiger charge is -2.11. The Morgan fingerprint density at radius 3 is 1.81 bits per heavy atom. The summed E-state index contributed by atoms with van der Waals surface area (Å²) in [6.07, 6.45) is 3.06. The minimum absolute atomic E-state index is 0.105. The quantitative estimate of drug-likeness (QED) is 0.139. The first-order valence-corrected chi connectivity index (χ1v) is 11.7. The van der Waals surface area contributed by atoms with E-state index in [-0.39, 0.29) is 37.0 Å². The number of aliphatic carboxylic acids is 1. The molecule has 1 amide bonds. The SMILES string of the molecule is CC(=O)NCCCNc1nc(NCCCCCC(=O)O)nc(NCCCS(=O)(=O)O)n1.